The number of aromatic nitrogens is 2. The van der Waals surface area contributed by atoms with Crippen molar-refractivity contribution in [3.63, 3.8) is 0 Å². The Morgan fingerprint density at radius 1 is 1.48 bits per heavy atom. The number of aryl methyl sites for hydroxylation is 1. The molecule has 130 valence electrons. The van der Waals surface area contributed by atoms with Crippen molar-refractivity contribution in [2.45, 2.75) is 32.3 Å². The molecule has 7 heteroatoms. The molecule has 4 rings (SSSR count). The fourth-order valence-corrected chi connectivity index (χ4v) is 3.53. The van der Waals surface area contributed by atoms with Crippen LogP contribution in [0.1, 0.15) is 35.3 Å². The van der Waals surface area contributed by atoms with Crippen molar-refractivity contribution in [1.82, 2.24) is 15.5 Å². The van der Waals surface area contributed by atoms with Gasteiger partial charge in [0.05, 0.1) is 39.9 Å². The predicted octanol–water partition coefficient (Wildman–Crippen LogP) is 3.56. The summed E-state index contributed by atoms with van der Waals surface area (Å²) >= 11 is 1.57. The highest BCUT2D eigenvalue weighted by Gasteiger charge is 2.20. The van der Waals surface area contributed by atoms with Crippen LogP contribution in [-0.2, 0) is 4.74 Å². The predicted molar refractivity (Wildman–Crippen MR) is 95.8 cm³/mol. The first-order chi connectivity index (χ1) is 12.2. The van der Waals surface area contributed by atoms with E-state index in [9.17, 15) is 4.79 Å². The normalized spacial score (nSPS) is 14.6. The monoisotopic (exact) mass is 357 g/mol. The van der Waals surface area contributed by atoms with Gasteiger partial charge in [0.1, 0.15) is 0 Å². The minimum atomic E-state index is -0.159. The zero-order valence-corrected chi connectivity index (χ0v) is 14.8. The number of pyridine rings is 1. The minimum absolute atomic E-state index is 0.159. The van der Waals surface area contributed by atoms with Crippen LogP contribution in [0.2, 0.25) is 0 Å². The maximum atomic E-state index is 12.7. The van der Waals surface area contributed by atoms with E-state index < -0.39 is 0 Å². The fraction of sp³-hybridized carbons (Fsp3) is 0.389. The summed E-state index contributed by atoms with van der Waals surface area (Å²) in [5.41, 5.74) is 2.31. The van der Waals surface area contributed by atoms with E-state index in [0.717, 1.165) is 23.4 Å². The second-order valence-electron chi connectivity index (χ2n) is 6.16. The van der Waals surface area contributed by atoms with Crippen molar-refractivity contribution in [2.24, 2.45) is 0 Å². The molecule has 1 aliphatic carbocycles. The second-order valence-corrected chi connectivity index (χ2v) is 7.11. The molecule has 3 aromatic rings. The largest absolute Gasteiger partial charge is 0.376 e. The minimum Gasteiger partial charge on any atom is -0.376 e. The maximum absolute atomic E-state index is 12.7. The summed E-state index contributed by atoms with van der Waals surface area (Å²) in [7, 11) is 0. The highest BCUT2D eigenvalue weighted by atomic mass is 32.1. The molecule has 3 heterocycles. The van der Waals surface area contributed by atoms with E-state index in [1.165, 1.54) is 6.42 Å². The van der Waals surface area contributed by atoms with Gasteiger partial charge in [0.25, 0.3) is 11.6 Å². The van der Waals surface area contributed by atoms with Crippen molar-refractivity contribution in [3.8, 4) is 10.6 Å². The third-order valence-electron chi connectivity index (χ3n) is 4.43. The number of carbonyl (C=O) groups excluding carboxylic acids is 1. The Bertz CT molecular complexity index is 884. The molecular formula is C18H19N3O3S. The standard InChI is InChI=1S/C18H19N3O3S/c1-11-16-13(17(22)19-7-8-23-12-4-2-5-12)10-14(15-6-3-9-25-15)20-18(16)24-21-11/h3,6,9-10,12H,2,4-5,7-8H2,1H3,(H,19,22). The molecular weight excluding hydrogens is 338 g/mol. The topological polar surface area (TPSA) is 77.2 Å². The van der Waals surface area contributed by atoms with Gasteiger partial charge >= 0.3 is 0 Å². The molecule has 6 nitrogen and oxygen atoms in total. The summed E-state index contributed by atoms with van der Waals surface area (Å²) in [5.74, 6) is -0.159. The molecule has 25 heavy (non-hydrogen) atoms. The first kappa shape index (κ1) is 16.2. The molecule has 1 fully saturated rings. The van der Waals surface area contributed by atoms with Gasteiger partial charge in [-0.3, -0.25) is 4.79 Å². The molecule has 0 bridgehead atoms. The number of nitrogens with one attached hydrogen (secondary N) is 1. The van der Waals surface area contributed by atoms with Crippen LogP contribution in [0.15, 0.2) is 28.1 Å². The Morgan fingerprint density at radius 3 is 3.08 bits per heavy atom. The van der Waals surface area contributed by atoms with Crippen LogP contribution in [-0.4, -0.2) is 35.3 Å². The number of hydrogen-bond acceptors (Lipinski definition) is 6. The molecule has 0 atom stereocenters. The highest BCUT2D eigenvalue weighted by Crippen LogP contribution is 2.29. The fourth-order valence-electron chi connectivity index (χ4n) is 2.85. The smallest absolute Gasteiger partial charge is 0.259 e. The van der Waals surface area contributed by atoms with Gasteiger partial charge in [0, 0.05) is 6.54 Å². The van der Waals surface area contributed by atoms with Crippen LogP contribution >= 0.6 is 11.3 Å². The number of carbonyl (C=O) groups is 1. The van der Waals surface area contributed by atoms with Crippen molar-refractivity contribution in [2.75, 3.05) is 13.2 Å². The lowest BCUT2D eigenvalue weighted by Gasteiger charge is -2.25. The average molecular weight is 357 g/mol. The Hall–Kier alpha value is -2.25. The number of ether oxygens (including phenoxy) is 1. The molecule has 1 N–H and O–H groups in total. The van der Waals surface area contributed by atoms with Crippen molar-refractivity contribution in [1.29, 1.82) is 0 Å². The van der Waals surface area contributed by atoms with Crippen LogP contribution in [0.25, 0.3) is 21.7 Å². The Balaban J connectivity index is 1.55. The van der Waals surface area contributed by atoms with Crippen molar-refractivity contribution < 1.29 is 14.1 Å². The Morgan fingerprint density at radius 2 is 2.36 bits per heavy atom. The van der Waals surface area contributed by atoms with Crippen molar-refractivity contribution >= 4 is 28.3 Å². The average Bonchev–Trinajstić information content (AvgIpc) is 3.22. The van der Waals surface area contributed by atoms with E-state index in [1.807, 2.05) is 24.4 Å². The summed E-state index contributed by atoms with van der Waals surface area (Å²) in [6.45, 7) is 2.83. The zero-order valence-electron chi connectivity index (χ0n) is 13.9. The summed E-state index contributed by atoms with van der Waals surface area (Å²) in [5, 5.41) is 9.53. The Labute approximate surface area is 149 Å². The molecule has 0 spiro atoms. The van der Waals surface area contributed by atoms with Gasteiger partial charge in [-0.05, 0) is 43.7 Å². The van der Waals surface area contributed by atoms with Crippen LogP contribution < -0.4 is 5.32 Å². The first-order valence-electron chi connectivity index (χ1n) is 8.43. The molecule has 1 amide bonds. The number of hydrogen-bond donors (Lipinski definition) is 1. The number of thiophene rings is 1. The molecule has 0 unspecified atom stereocenters. The number of amides is 1. The third-order valence-corrected chi connectivity index (χ3v) is 5.32. The van der Waals surface area contributed by atoms with Gasteiger partial charge in [-0.15, -0.1) is 11.3 Å². The zero-order chi connectivity index (χ0) is 17.2. The summed E-state index contributed by atoms with van der Waals surface area (Å²) in [4.78, 5) is 18.2. The lowest BCUT2D eigenvalue weighted by molar-refractivity contribution is 0.00441. The van der Waals surface area contributed by atoms with Crippen LogP contribution in [0.3, 0.4) is 0 Å². The van der Waals surface area contributed by atoms with Crippen molar-refractivity contribution in [3.05, 3.63) is 34.8 Å². The second kappa shape index (κ2) is 6.93. The molecule has 0 aromatic carbocycles. The molecule has 1 aliphatic rings. The molecule has 3 aromatic heterocycles. The van der Waals surface area contributed by atoms with Crippen LogP contribution in [0.5, 0.6) is 0 Å². The molecule has 0 aliphatic heterocycles. The van der Waals surface area contributed by atoms with Gasteiger partial charge in [-0.2, -0.15) is 0 Å². The number of fused-ring (bicyclic) bond motifs is 1. The van der Waals surface area contributed by atoms with E-state index in [2.05, 4.69) is 15.5 Å². The highest BCUT2D eigenvalue weighted by molar-refractivity contribution is 7.13. The van der Waals surface area contributed by atoms with E-state index in [-0.39, 0.29) is 5.91 Å². The third kappa shape index (κ3) is 3.29. The van der Waals surface area contributed by atoms with Gasteiger partial charge < -0.3 is 14.6 Å². The number of rotatable bonds is 6. The Kier molecular flexibility index (Phi) is 4.50. The summed E-state index contributed by atoms with van der Waals surface area (Å²) in [6, 6.07) is 5.73. The lowest BCUT2D eigenvalue weighted by atomic mass is 9.96. The number of nitrogens with zero attached hydrogens (tertiary/aromatic N) is 2. The van der Waals surface area contributed by atoms with Gasteiger partial charge in [0.15, 0.2) is 0 Å². The van der Waals surface area contributed by atoms with Gasteiger partial charge in [-0.1, -0.05) is 11.2 Å². The molecule has 1 saturated carbocycles. The maximum Gasteiger partial charge on any atom is 0.259 e. The van der Waals surface area contributed by atoms with Crippen LogP contribution in [0.4, 0.5) is 0 Å². The molecule has 0 radical (unpaired) electrons. The van der Waals surface area contributed by atoms with E-state index in [4.69, 9.17) is 9.26 Å². The van der Waals surface area contributed by atoms with E-state index >= 15 is 0 Å². The summed E-state index contributed by atoms with van der Waals surface area (Å²) < 4.78 is 11.0. The van der Waals surface area contributed by atoms with Gasteiger partial charge in [0.2, 0.25) is 0 Å². The first-order valence-corrected chi connectivity index (χ1v) is 9.31. The van der Waals surface area contributed by atoms with E-state index in [0.29, 0.717) is 41.6 Å². The molecule has 0 saturated heterocycles. The van der Waals surface area contributed by atoms with E-state index in [1.54, 1.807) is 17.4 Å². The lowest BCUT2D eigenvalue weighted by Crippen LogP contribution is -2.30. The SMILES string of the molecule is Cc1noc2nc(-c3cccs3)cc(C(=O)NCCOC3CCC3)c12. The van der Waals surface area contributed by atoms with Gasteiger partial charge in [-0.25, -0.2) is 4.98 Å². The quantitative estimate of drug-likeness (QED) is 0.683. The summed E-state index contributed by atoms with van der Waals surface area (Å²) in [6.07, 6.45) is 3.87. The van der Waals surface area contributed by atoms with Crippen LogP contribution in [0, 0.1) is 6.92 Å².